The van der Waals surface area contributed by atoms with Crippen LogP contribution in [0.15, 0.2) is 59.5 Å². The van der Waals surface area contributed by atoms with Gasteiger partial charge >= 0.3 is 0 Å². The van der Waals surface area contributed by atoms with Crippen molar-refractivity contribution in [1.29, 1.82) is 0 Å². The molecule has 1 aliphatic rings. The van der Waals surface area contributed by atoms with E-state index in [-0.39, 0.29) is 22.1 Å². The Kier molecular flexibility index (Phi) is 5.56. The van der Waals surface area contributed by atoms with Crippen LogP contribution in [0.3, 0.4) is 0 Å². The summed E-state index contributed by atoms with van der Waals surface area (Å²) in [4.78, 5) is 14.7. The fraction of sp³-hybridized carbons (Fsp3) is 0.208. The molecule has 1 amide bonds. The highest BCUT2D eigenvalue weighted by atomic mass is 32.2. The number of carbonyl (C=O) groups is 1. The van der Waals surface area contributed by atoms with Crippen LogP contribution in [0.5, 0.6) is 17.2 Å². The van der Waals surface area contributed by atoms with Gasteiger partial charge in [0.25, 0.3) is 15.9 Å². The van der Waals surface area contributed by atoms with Crippen LogP contribution in [0.25, 0.3) is 0 Å². The third-order valence-corrected chi connectivity index (χ3v) is 6.60. The van der Waals surface area contributed by atoms with Crippen LogP contribution in [0.1, 0.15) is 28.4 Å². The highest BCUT2D eigenvalue weighted by Crippen LogP contribution is 2.39. The minimum atomic E-state index is -3.86. The zero-order valence-corrected chi connectivity index (χ0v) is 19.1. The first kappa shape index (κ1) is 21.7. The van der Waals surface area contributed by atoms with E-state index in [9.17, 15) is 13.2 Å². The van der Waals surface area contributed by atoms with E-state index in [1.807, 2.05) is 32.0 Å². The molecule has 0 saturated heterocycles. The van der Waals surface area contributed by atoms with E-state index >= 15 is 0 Å². The van der Waals surface area contributed by atoms with Crippen molar-refractivity contribution in [3.63, 3.8) is 0 Å². The van der Waals surface area contributed by atoms with Gasteiger partial charge in [-0.2, -0.15) is 0 Å². The molecule has 0 aromatic heterocycles. The molecular weight excluding hydrogens is 428 g/mol. The van der Waals surface area contributed by atoms with Gasteiger partial charge in [0.15, 0.2) is 5.75 Å². The Morgan fingerprint density at radius 1 is 1.00 bits per heavy atom. The number of aryl methyl sites for hydroxylation is 2. The summed E-state index contributed by atoms with van der Waals surface area (Å²) in [5, 5.41) is 0. The van der Waals surface area contributed by atoms with Crippen LogP contribution in [0.4, 0.5) is 11.4 Å². The van der Waals surface area contributed by atoms with Gasteiger partial charge in [-0.05, 0) is 80.4 Å². The number of fused-ring (bicyclic) bond motifs is 2. The van der Waals surface area contributed by atoms with Crippen molar-refractivity contribution >= 4 is 27.3 Å². The predicted octanol–water partition coefficient (Wildman–Crippen LogP) is 4.89. The van der Waals surface area contributed by atoms with E-state index in [0.29, 0.717) is 29.5 Å². The van der Waals surface area contributed by atoms with Gasteiger partial charge in [-0.1, -0.05) is 6.07 Å². The summed E-state index contributed by atoms with van der Waals surface area (Å²) in [5.74, 6) is 1.27. The van der Waals surface area contributed by atoms with Gasteiger partial charge in [0, 0.05) is 12.7 Å². The Hall–Kier alpha value is -3.52. The standard InChI is InChI=1S/C24H24N2O5S/c1-5-30-21-11-8-18(13-16(21)3)32(28,29)25-17-7-10-22-19(14-17)24(27)26(4)20-12-15(2)6-9-23(20)31-22/h6-14,25H,5H2,1-4H3. The van der Waals surface area contributed by atoms with Crippen LogP contribution in [-0.4, -0.2) is 28.0 Å². The molecule has 0 saturated carbocycles. The third kappa shape index (κ3) is 4.01. The van der Waals surface area contributed by atoms with Crippen molar-refractivity contribution in [3.05, 3.63) is 71.3 Å². The maximum atomic E-state index is 13.1. The fourth-order valence-electron chi connectivity index (χ4n) is 3.55. The molecule has 8 heteroatoms. The number of rotatable bonds is 5. The van der Waals surface area contributed by atoms with Crippen LogP contribution in [0.2, 0.25) is 0 Å². The molecule has 0 unspecified atom stereocenters. The number of hydrogen-bond acceptors (Lipinski definition) is 5. The first-order valence-corrected chi connectivity index (χ1v) is 11.6. The molecule has 0 fully saturated rings. The third-order valence-electron chi connectivity index (χ3n) is 5.22. The fourth-order valence-corrected chi connectivity index (χ4v) is 4.69. The lowest BCUT2D eigenvalue weighted by Gasteiger charge is -2.17. The molecule has 1 N–H and O–H groups in total. The number of ether oxygens (including phenoxy) is 2. The summed E-state index contributed by atoms with van der Waals surface area (Å²) in [6.45, 7) is 6.09. The highest BCUT2D eigenvalue weighted by Gasteiger charge is 2.27. The van der Waals surface area contributed by atoms with Crippen molar-refractivity contribution in [1.82, 2.24) is 0 Å². The number of amides is 1. The lowest BCUT2D eigenvalue weighted by Crippen LogP contribution is -2.25. The summed E-state index contributed by atoms with van der Waals surface area (Å²) >= 11 is 0. The lowest BCUT2D eigenvalue weighted by atomic mass is 10.1. The summed E-state index contributed by atoms with van der Waals surface area (Å²) in [6.07, 6.45) is 0. The summed E-state index contributed by atoms with van der Waals surface area (Å²) in [6, 6.07) is 14.9. The van der Waals surface area contributed by atoms with Gasteiger partial charge in [0.1, 0.15) is 11.5 Å². The Morgan fingerprint density at radius 3 is 2.47 bits per heavy atom. The second-order valence-corrected chi connectivity index (χ2v) is 9.30. The summed E-state index contributed by atoms with van der Waals surface area (Å²) in [5.41, 5.74) is 2.90. The summed E-state index contributed by atoms with van der Waals surface area (Å²) < 4.78 is 39.9. The van der Waals surface area contributed by atoms with Crippen molar-refractivity contribution < 1.29 is 22.7 Å². The van der Waals surface area contributed by atoms with Gasteiger partial charge in [-0.15, -0.1) is 0 Å². The molecule has 0 atom stereocenters. The molecule has 0 radical (unpaired) electrons. The van der Waals surface area contributed by atoms with E-state index in [2.05, 4.69) is 4.72 Å². The molecule has 4 rings (SSSR count). The zero-order chi connectivity index (χ0) is 23.0. The quantitative estimate of drug-likeness (QED) is 0.596. The van der Waals surface area contributed by atoms with E-state index in [0.717, 1.165) is 11.1 Å². The van der Waals surface area contributed by atoms with E-state index < -0.39 is 10.0 Å². The van der Waals surface area contributed by atoms with Crippen molar-refractivity contribution in [2.45, 2.75) is 25.7 Å². The monoisotopic (exact) mass is 452 g/mol. The molecule has 0 bridgehead atoms. The molecule has 0 aliphatic carbocycles. The Bertz CT molecular complexity index is 1320. The van der Waals surface area contributed by atoms with Gasteiger partial charge in [-0.3, -0.25) is 9.52 Å². The van der Waals surface area contributed by atoms with Gasteiger partial charge in [0.2, 0.25) is 0 Å². The normalized spacial score (nSPS) is 13.0. The molecule has 3 aromatic carbocycles. The summed E-state index contributed by atoms with van der Waals surface area (Å²) in [7, 11) is -2.20. The second-order valence-electron chi connectivity index (χ2n) is 7.61. The largest absolute Gasteiger partial charge is 0.494 e. The predicted molar refractivity (Wildman–Crippen MR) is 124 cm³/mol. The van der Waals surface area contributed by atoms with Gasteiger partial charge in [-0.25, -0.2) is 8.42 Å². The van der Waals surface area contributed by atoms with E-state index in [4.69, 9.17) is 9.47 Å². The van der Waals surface area contributed by atoms with E-state index in [1.54, 1.807) is 38.2 Å². The lowest BCUT2D eigenvalue weighted by molar-refractivity contribution is 0.0993. The van der Waals surface area contributed by atoms with Crippen LogP contribution >= 0.6 is 0 Å². The highest BCUT2D eigenvalue weighted by molar-refractivity contribution is 7.92. The number of nitrogens with zero attached hydrogens (tertiary/aromatic N) is 1. The number of anilines is 2. The minimum Gasteiger partial charge on any atom is -0.494 e. The first-order chi connectivity index (χ1) is 15.2. The number of sulfonamides is 1. The zero-order valence-electron chi connectivity index (χ0n) is 18.3. The number of nitrogens with one attached hydrogen (secondary N) is 1. The van der Waals surface area contributed by atoms with Crippen molar-refractivity contribution in [2.24, 2.45) is 0 Å². The molecule has 1 aliphatic heterocycles. The van der Waals surface area contributed by atoms with Crippen molar-refractivity contribution in [2.75, 3.05) is 23.3 Å². The number of carbonyl (C=O) groups excluding carboxylic acids is 1. The first-order valence-electron chi connectivity index (χ1n) is 10.2. The van der Waals surface area contributed by atoms with Crippen LogP contribution < -0.4 is 19.1 Å². The Balaban J connectivity index is 1.66. The maximum Gasteiger partial charge on any atom is 0.261 e. The van der Waals surface area contributed by atoms with Gasteiger partial charge in [0.05, 0.1) is 22.8 Å². The van der Waals surface area contributed by atoms with Gasteiger partial charge < -0.3 is 14.4 Å². The number of benzene rings is 3. The topological polar surface area (TPSA) is 84.9 Å². The molecule has 7 nitrogen and oxygen atoms in total. The Labute approximate surface area is 187 Å². The molecule has 1 heterocycles. The van der Waals surface area contributed by atoms with E-state index in [1.165, 1.54) is 17.0 Å². The van der Waals surface area contributed by atoms with Crippen LogP contribution in [0, 0.1) is 13.8 Å². The maximum absolute atomic E-state index is 13.1. The SMILES string of the molecule is CCOc1ccc(S(=O)(=O)Nc2ccc3c(c2)C(=O)N(C)c2cc(C)ccc2O3)cc1C. The minimum absolute atomic E-state index is 0.107. The average molecular weight is 453 g/mol. The molecule has 0 spiro atoms. The second kappa shape index (κ2) is 8.20. The Morgan fingerprint density at radius 2 is 1.75 bits per heavy atom. The smallest absolute Gasteiger partial charge is 0.261 e. The van der Waals surface area contributed by atoms with Crippen LogP contribution in [-0.2, 0) is 10.0 Å². The molecular formula is C24H24N2O5S. The molecule has 3 aromatic rings. The molecule has 166 valence electrons. The van der Waals surface area contributed by atoms with Crippen molar-refractivity contribution in [3.8, 4) is 17.2 Å². The molecule has 32 heavy (non-hydrogen) atoms. The number of hydrogen-bond donors (Lipinski definition) is 1. The average Bonchev–Trinajstić information content (AvgIpc) is 2.85.